The maximum absolute atomic E-state index is 13.2. The molecule has 3 aromatic carbocycles. The van der Waals surface area contributed by atoms with Gasteiger partial charge in [0.05, 0.1) is 18.2 Å². The molecule has 0 aliphatic heterocycles. The highest BCUT2D eigenvalue weighted by atomic mass is 35.5. The van der Waals surface area contributed by atoms with Crippen molar-refractivity contribution in [2.45, 2.75) is 30.3 Å². The maximum atomic E-state index is 13.2. The lowest BCUT2D eigenvalue weighted by Crippen LogP contribution is -2.48. The minimum Gasteiger partial charge on any atom is -0.497 e. The highest BCUT2D eigenvalue weighted by Gasteiger charge is 2.28. The van der Waals surface area contributed by atoms with Gasteiger partial charge in [0.2, 0.25) is 15.9 Å². The normalized spacial score (nSPS) is 13.2. The van der Waals surface area contributed by atoms with Crippen LogP contribution in [0.1, 0.15) is 24.1 Å². The molecule has 2 atom stereocenters. The first-order valence-electron chi connectivity index (χ1n) is 10.1. The van der Waals surface area contributed by atoms with E-state index in [-0.39, 0.29) is 27.4 Å². The summed E-state index contributed by atoms with van der Waals surface area (Å²) in [5.74, 6) is 0.231. The zero-order valence-electron chi connectivity index (χ0n) is 18.1. The highest BCUT2D eigenvalue weighted by molar-refractivity contribution is 7.89. The fraction of sp³-hybridized carbons (Fsp3) is 0.208. The summed E-state index contributed by atoms with van der Waals surface area (Å²) in [6.07, 6.45) is 0.152. The quantitative estimate of drug-likeness (QED) is 0.437. The van der Waals surface area contributed by atoms with E-state index in [0.29, 0.717) is 5.75 Å². The van der Waals surface area contributed by atoms with Crippen molar-refractivity contribution in [1.82, 2.24) is 10.0 Å². The molecule has 0 unspecified atom stereocenters. The molecule has 0 bridgehead atoms. The molecule has 2 N–H and O–H groups in total. The number of methoxy groups -OCH3 is 1. The predicted octanol–water partition coefficient (Wildman–Crippen LogP) is 4.77. The second-order valence-electron chi connectivity index (χ2n) is 7.44. The summed E-state index contributed by atoms with van der Waals surface area (Å²) in [4.78, 5) is 13.0. The van der Waals surface area contributed by atoms with Crippen LogP contribution in [-0.2, 0) is 21.2 Å². The van der Waals surface area contributed by atoms with Gasteiger partial charge in [0, 0.05) is 5.02 Å². The predicted molar refractivity (Wildman–Crippen MR) is 130 cm³/mol. The Labute approximate surface area is 203 Å². The second kappa shape index (κ2) is 11.0. The van der Waals surface area contributed by atoms with Crippen LogP contribution in [-0.4, -0.2) is 27.5 Å². The molecular weight excluding hydrogens is 483 g/mol. The largest absolute Gasteiger partial charge is 0.497 e. The van der Waals surface area contributed by atoms with Crippen LogP contribution < -0.4 is 14.8 Å². The first kappa shape index (κ1) is 25.1. The third-order valence-electron chi connectivity index (χ3n) is 5.05. The topological polar surface area (TPSA) is 84.5 Å². The number of hydrogen-bond donors (Lipinski definition) is 2. The SMILES string of the molecule is COc1ccc([C@@H](C)NC(=O)[C@@H](Cc2ccccc2)NS(=O)(=O)c2cc(Cl)ccc2Cl)cc1. The van der Waals surface area contributed by atoms with Gasteiger partial charge < -0.3 is 10.1 Å². The van der Waals surface area contributed by atoms with Crippen LogP contribution in [0, 0.1) is 0 Å². The zero-order chi connectivity index (χ0) is 24.0. The van der Waals surface area contributed by atoms with Gasteiger partial charge >= 0.3 is 0 Å². The van der Waals surface area contributed by atoms with E-state index in [1.54, 1.807) is 19.2 Å². The standard InChI is InChI=1S/C24H24Cl2N2O4S/c1-16(18-8-11-20(32-2)12-9-18)27-24(29)22(14-17-6-4-3-5-7-17)28-33(30,31)23-15-19(25)10-13-21(23)26/h3-13,15-16,22,28H,14H2,1-2H3,(H,27,29)/t16-,22-/m1/s1. The van der Waals surface area contributed by atoms with Gasteiger partial charge in [-0.05, 0) is 54.8 Å². The number of nitrogens with one attached hydrogen (secondary N) is 2. The molecule has 3 rings (SSSR count). The van der Waals surface area contributed by atoms with Gasteiger partial charge in [-0.25, -0.2) is 8.42 Å². The third-order valence-corrected chi connectivity index (χ3v) is 7.24. The monoisotopic (exact) mass is 506 g/mol. The lowest BCUT2D eigenvalue weighted by atomic mass is 10.0. The zero-order valence-corrected chi connectivity index (χ0v) is 20.4. The van der Waals surface area contributed by atoms with Crippen LogP contribution in [0.4, 0.5) is 0 Å². The first-order valence-corrected chi connectivity index (χ1v) is 12.4. The summed E-state index contributed by atoms with van der Waals surface area (Å²) in [5.41, 5.74) is 1.65. The van der Waals surface area contributed by atoms with E-state index in [2.05, 4.69) is 10.0 Å². The summed E-state index contributed by atoms with van der Waals surface area (Å²) in [6.45, 7) is 1.82. The number of amides is 1. The molecule has 33 heavy (non-hydrogen) atoms. The van der Waals surface area contributed by atoms with Crippen LogP contribution in [0.3, 0.4) is 0 Å². The summed E-state index contributed by atoms with van der Waals surface area (Å²) < 4.78 is 33.8. The number of halogens is 2. The van der Waals surface area contributed by atoms with Crippen LogP contribution in [0.25, 0.3) is 0 Å². The van der Waals surface area contributed by atoms with Gasteiger partial charge in [0.1, 0.15) is 16.7 Å². The van der Waals surface area contributed by atoms with Crippen LogP contribution in [0.2, 0.25) is 10.0 Å². The minimum absolute atomic E-state index is 0.0115. The third kappa shape index (κ3) is 6.71. The Hall–Kier alpha value is -2.58. The summed E-state index contributed by atoms with van der Waals surface area (Å²) in [7, 11) is -2.55. The Morgan fingerprint density at radius 1 is 1.00 bits per heavy atom. The van der Waals surface area contributed by atoms with Crippen molar-refractivity contribution in [2.24, 2.45) is 0 Å². The van der Waals surface area contributed by atoms with Gasteiger partial charge in [-0.15, -0.1) is 0 Å². The second-order valence-corrected chi connectivity index (χ2v) is 9.97. The van der Waals surface area contributed by atoms with E-state index in [1.807, 2.05) is 49.4 Å². The van der Waals surface area contributed by atoms with E-state index in [1.165, 1.54) is 18.2 Å². The molecule has 0 fully saturated rings. The van der Waals surface area contributed by atoms with E-state index in [9.17, 15) is 13.2 Å². The van der Waals surface area contributed by atoms with Gasteiger partial charge in [-0.1, -0.05) is 65.7 Å². The molecule has 0 spiro atoms. The number of carbonyl (C=O) groups excluding carboxylic acids is 1. The average Bonchev–Trinajstić information content (AvgIpc) is 2.80. The average molecular weight is 507 g/mol. The molecule has 0 aromatic heterocycles. The Morgan fingerprint density at radius 2 is 1.67 bits per heavy atom. The Morgan fingerprint density at radius 3 is 2.30 bits per heavy atom. The van der Waals surface area contributed by atoms with Gasteiger partial charge in [-0.3, -0.25) is 4.79 Å². The van der Waals surface area contributed by atoms with Crippen molar-refractivity contribution in [3.63, 3.8) is 0 Å². The number of ether oxygens (including phenoxy) is 1. The van der Waals surface area contributed by atoms with Crippen molar-refractivity contribution in [1.29, 1.82) is 0 Å². The number of carbonyl (C=O) groups is 1. The van der Waals surface area contributed by atoms with Crippen LogP contribution in [0.5, 0.6) is 5.75 Å². The molecule has 0 saturated carbocycles. The van der Waals surface area contributed by atoms with E-state index >= 15 is 0 Å². The molecule has 0 aliphatic carbocycles. The van der Waals surface area contributed by atoms with Crippen molar-refractivity contribution in [3.05, 3.63) is 94.0 Å². The van der Waals surface area contributed by atoms with E-state index in [4.69, 9.17) is 27.9 Å². The molecule has 0 heterocycles. The van der Waals surface area contributed by atoms with Crippen molar-refractivity contribution in [3.8, 4) is 5.75 Å². The maximum Gasteiger partial charge on any atom is 0.242 e. The fourth-order valence-corrected chi connectivity index (χ4v) is 5.22. The van der Waals surface area contributed by atoms with Crippen molar-refractivity contribution in [2.75, 3.05) is 7.11 Å². The minimum atomic E-state index is -4.13. The molecule has 3 aromatic rings. The molecule has 0 saturated heterocycles. The van der Waals surface area contributed by atoms with Gasteiger partial charge in [0.25, 0.3) is 0 Å². The Bertz CT molecular complexity index is 1200. The highest BCUT2D eigenvalue weighted by Crippen LogP contribution is 2.25. The van der Waals surface area contributed by atoms with Crippen LogP contribution >= 0.6 is 23.2 Å². The van der Waals surface area contributed by atoms with Gasteiger partial charge in [0.15, 0.2) is 0 Å². The number of benzene rings is 3. The molecule has 0 radical (unpaired) electrons. The van der Waals surface area contributed by atoms with E-state index in [0.717, 1.165) is 11.1 Å². The smallest absolute Gasteiger partial charge is 0.242 e. The Kier molecular flexibility index (Phi) is 8.37. The molecule has 0 aliphatic rings. The molecule has 9 heteroatoms. The van der Waals surface area contributed by atoms with Crippen molar-refractivity contribution < 1.29 is 17.9 Å². The van der Waals surface area contributed by atoms with Gasteiger partial charge in [-0.2, -0.15) is 4.72 Å². The van der Waals surface area contributed by atoms with Crippen molar-refractivity contribution >= 4 is 39.1 Å². The molecule has 174 valence electrons. The van der Waals surface area contributed by atoms with E-state index < -0.39 is 22.0 Å². The Balaban J connectivity index is 1.85. The first-order chi connectivity index (χ1) is 15.7. The molecule has 6 nitrogen and oxygen atoms in total. The number of sulfonamides is 1. The summed E-state index contributed by atoms with van der Waals surface area (Å²) in [6, 6.07) is 19.1. The summed E-state index contributed by atoms with van der Waals surface area (Å²) in [5, 5.41) is 3.12. The number of rotatable bonds is 9. The molecule has 1 amide bonds. The summed E-state index contributed by atoms with van der Waals surface area (Å²) >= 11 is 12.1. The lowest BCUT2D eigenvalue weighted by Gasteiger charge is -2.22. The number of hydrogen-bond acceptors (Lipinski definition) is 4. The fourth-order valence-electron chi connectivity index (χ4n) is 3.26. The molecular formula is C24H24Cl2N2O4S. The van der Waals surface area contributed by atoms with Crippen LogP contribution in [0.15, 0.2) is 77.7 Å². The lowest BCUT2D eigenvalue weighted by molar-refractivity contribution is -0.123.